The van der Waals surface area contributed by atoms with Crippen LogP contribution in [0.2, 0.25) is 0 Å². The number of rotatable bonds is 5. The van der Waals surface area contributed by atoms with Gasteiger partial charge in [-0.05, 0) is 30.9 Å². The van der Waals surface area contributed by atoms with E-state index in [0.717, 1.165) is 19.3 Å². The highest BCUT2D eigenvalue weighted by Gasteiger charge is 2.24. The average Bonchev–Trinajstić information content (AvgIpc) is 2.67. The van der Waals surface area contributed by atoms with Crippen molar-refractivity contribution in [3.05, 3.63) is 17.7 Å². The molecule has 0 unspecified atom stereocenters. The third-order valence-corrected chi connectivity index (χ3v) is 4.86. The molecule has 0 radical (unpaired) electrons. The van der Waals surface area contributed by atoms with Gasteiger partial charge in [-0.25, -0.2) is 4.79 Å². The number of hydrogen-bond acceptors (Lipinski definition) is 6. The van der Waals surface area contributed by atoms with Crippen molar-refractivity contribution in [1.82, 2.24) is 5.32 Å². The van der Waals surface area contributed by atoms with Crippen molar-refractivity contribution in [2.45, 2.75) is 38.6 Å². The Morgan fingerprint density at radius 1 is 1.19 bits per heavy atom. The zero-order chi connectivity index (χ0) is 18.5. The second-order valence-corrected chi connectivity index (χ2v) is 6.71. The molecule has 0 saturated heterocycles. The number of amides is 1. The van der Waals surface area contributed by atoms with Gasteiger partial charge in [-0.1, -0.05) is 19.8 Å². The molecule has 2 atom stereocenters. The highest BCUT2D eigenvalue weighted by atomic mass is 16.6. The molecule has 1 amide bonds. The molecule has 3 rings (SSSR count). The van der Waals surface area contributed by atoms with E-state index in [4.69, 9.17) is 18.9 Å². The number of hydrogen-bond donors (Lipinski definition) is 1. The van der Waals surface area contributed by atoms with Crippen LogP contribution in [0.3, 0.4) is 0 Å². The minimum absolute atomic E-state index is 0.157. The van der Waals surface area contributed by atoms with Gasteiger partial charge in [0.15, 0.2) is 18.1 Å². The van der Waals surface area contributed by atoms with Crippen molar-refractivity contribution in [1.29, 1.82) is 0 Å². The molecule has 0 bridgehead atoms. The Morgan fingerprint density at radius 3 is 2.73 bits per heavy atom. The standard InChI is InChI=1S/C19H25NO6/c1-12-5-3-4-6-14(12)20-17(21)11-26-19(22)13-9-15(23-2)18-16(10-13)24-7-8-25-18/h9-10,12,14H,3-8,11H2,1-2H3,(H,20,21)/t12-,14+/m1/s1. The zero-order valence-corrected chi connectivity index (χ0v) is 15.2. The summed E-state index contributed by atoms with van der Waals surface area (Å²) in [7, 11) is 1.49. The van der Waals surface area contributed by atoms with Gasteiger partial charge in [0.2, 0.25) is 5.75 Å². The molecule has 0 aromatic heterocycles. The number of fused-ring (bicyclic) bond motifs is 1. The number of benzene rings is 1. The predicted octanol–water partition coefficient (Wildman–Crippen LogP) is 2.32. The summed E-state index contributed by atoms with van der Waals surface area (Å²) in [5, 5.41) is 2.96. The summed E-state index contributed by atoms with van der Waals surface area (Å²) in [4.78, 5) is 24.4. The molecule has 1 heterocycles. The first kappa shape index (κ1) is 18.4. The monoisotopic (exact) mass is 363 g/mol. The lowest BCUT2D eigenvalue weighted by molar-refractivity contribution is -0.125. The van der Waals surface area contributed by atoms with Crippen LogP contribution >= 0.6 is 0 Å². The number of methoxy groups -OCH3 is 1. The van der Waals surface area contributed by atoms with Gasteiger partial charge < -0.3 is 24.3 Å². The largest absolute Gasteiger partial charge is 0.493 e. The molecule has 7 heteroatoms. The first-order valence-corrected chi connectivity index (χ1v) is 9.02. The van der Waals surface area contributed by atoms with Crippen molar-refractivity contribution in [3.63, 3.8) is 0 Å². The van der Waals surface area contributed by atoms with Crippen molar-refractivity contribution >= 4 is 11.9 Å². The Labute approximate surface area is 152 Å². The first-order valence-electron chi connectivity index (χ1n) is 9.02. The fourth-order valence-electron chi connectivity index (χ4n) is 3.38. The van der Waals surface area contributed by atoms with Crippen LogP contribution in [0.5, 0.6) is 17.2 Å². The number of nitrogens with one attached hydrogen (secondary N) is 1. The van der Waals surface area contributed by atoms with Crippen molar-refractivity contribution < 1.29 is 28.5 Å². The maximum Gasteiger partial charge on any atom is 0.338 e. The minimum Gasteiger partial charge on any atom is -0.493 e. The van der Waals surface area contributed by atoms with E-state index in [9.17, 15) is 9.59 Å². The molecule has 1 N–H and O–H groups in total. The van der Waals surface area contributed by atoms with Crippen LogP contribution in [0.4, 0.5) is 0 Å². The van der Waals surface area contributed by atoms with Crippen LogP contribution in [0, 0.1) is 5.92 Å². The van der Waals surface area contributed by atoms with Crippen LogP contribution in [0.25, 0.3) is 0 Å². The highest BCUT2D eigenvalue weighted by Crippen LogP contribution is 2.40. The second kappa shape index (κ2) is 8.29. The molecule has 2 aliphatic rings. The van der Waals surface area contributed by atoms with E-state index in [0.29, 0.717) is 36.4 Å². The van der Waals surface area contributed by atoms with Crippen LogP contribution in [0.15, 0.2) is 12.1 Å². The number of carbonyl (C=O) groups is 2. The summed E-state index contributed by atoms with van der Waals surface area (Å²) in [5.74, 6) is 0.871. The quantitative estimate of drug-likeness (QED) is 0.809. The molecule has 0 spiro atoms. The summed E-state index contributed by atoms with van der Waals surface area (Å²) in [6.45, 7) is 2.65. The summed E-state index contributed by atoms with van der Waals surface area (Å²) < 4.78 is 21.4. The van der Waals surface area contributed by atoms with Gasteiger partial charge in [-0.3, -0.25) is 4.79 Å². The molecule has 1 aromatic rings. The highest BCUT2D eigenvalue weighted by molar-refractivity contribution is 5.92. The maximum absolute atomic E-state index is 12.3. The first-order chi connectivity index (χ1) is 12.6. The molecular weight excluding hydrogens is 338 g/mol. The Balaban J connectivity index is 1.58. The van der Waals surface area contributed by atoms with E-state index in [1.807, 2.05) is 0 Å². The molecule has 1 aliphatic carbocycles. The Hall–Kier alpha value is -2.44. The maximum atomic E-state index is 12.3. The van der Waals surface area contributed by atoms with Gasteiger partial charge in [0.25, 0.3) is 5.91 Å². The fraction of sp³-hybridized carbons (Fsp3) is 0.579. The lowest BCUT2D eigenvalue weighted by Crippen LogP contribution is -2.42. The Bertz CT molecular complexity index is 657. The van der Waals surface area contributed by atoms with Gasteiger partial charge in [-0.15, -0.1) is 0 Å². The number of ether oxygens (including phenoxy) is 4. The molecular formula is C19H25NO6. The van der Waals surface area contributed by atoms with E-state index in [2.05, 4.69) is 12.2 Å². The van der Waals surface area contributed by atoms with E-state index in [1.54, 1.807) is 6.07 Å². The lowest BCUT2D eigenvalue weighted by Gasteiger charge is -2.29. The summed E-state index contributed by atoms with van der Waals surface area (Å²) in [6.07, 6.45) is 4.41. The smallest absolute Gasteiger partial charge is 0.338 e. The van der Waals surface area contributed by atoms with Gasteiger partial charge in [0.1, 0.15) is 13.2 Å². The molecule has 26 heavy (non-hydrogen) atoms. The van der Waals surface area contributed by atoms with Gasteiger partial charge in [-0.2, -0.15) is 0 Å². The molecule has 1 aliphatic heterocycles. The van der Waals surface area contributed by atoms with E-state index in [1.165, 1.54) is 19.6 Å². The second-order valence-electron chi connectivity index (χ2n) is 6.71. The van der Waals surface area contributed by atoms with Crippen LogP contribution in [-0.2, 0) is 9.53 Å². The lowest BCUT2D eigenvalue weighted by atomic mass is 9.86. The van der Waals surface area contributed by atoms with Crippen molar-refractivity contribution in [2.75, 3.05) is 26.9 Å². The van der Waals surface area contributed by atoms with Gasteiger partial charge in [0, 0.05) is 6.04 Å². The summed E-state index contributed by atoms with van der Waals surface area (Å²) in [6, 6.07) is 3.22. The third-order valence-electron chi connectivity index (χ3n) is 4.86. The Morgan fingerprint density at radius 2 is 1.96 bits per heavy atom. The van der Waals surface area contributed by atoms with Gasteiger partial charge >= 0.3 is 5.97 Å². The minimum atomic E-state index is -0.605. The normalized spacial score (nSPS) is 21.6. The third kappa shape index (κ3) is 4.20. The average molecular weight is 363 g/mol. The van der Waals surface area contributed by atoms with Crippen LogP contribution in [-0.4, -0.2) is 44.8 Å². The van der Waals surface area contributed by atoms with Crippen molar-refractivity contribution in [3.8, 4) is 17.2 Å². The molecule has 1 aromatic carbocycles. The molecule has 1 fully saturated rings. The van der Waals surface area contributed by atoms with Crippen molar-refractivity contribution in [2.24, 2.45) is 5.92 Å². The molecule has 1 saturated carbocycles. The van der Waals surface area contributed by atoms with E-state index >= 15 is 0 Å². The van der Waals surface area contributed by atoms with E-state index < -0.39 is 5.97 Å². The molecule has 142 valence electrons. The summed E-state index contributed by atoms with van der Waals surface area (Å²) in [5.41, 5.74) is 0.255. The Kier molecular flexibility index (Phi) is 5.85. The molecule has 7 nitrogen and oxygen atoms in total. The number of carbonyl (C=O) groups excluding carboxylic acids is 2. The predicted molar refractivity (Wildman–Crippen MR) is 93.8 cm³/mol. The topological polar surface area (TPSA) is 83.1 Å². The van der Waals surface area contributed by atoms with E-state index in [-0.39, 0.29) is 24.1 Å². The van der Waals surface area contributed by atoms with Gasteiger partial charge in [0.05, 0.1) is 12.7 Å². The SMILES string of the molecule is COc1cc(C(=O)OCC(=O)N[C@H]2CCCC[C@H]2C)cc2c1OCCO2. The van der Waals surface area contributed by atoms with Crippen LogP contribution < -0.4 is 19.5 Å². The zero-order valence-electron chi connectivity index (χ0n) is 15.2. The number of esters is 1. The fourth-order valence-corrected chi connectivity index (χ4v) is 3.38. The summed E-state index contributed by atoms with van der Waals surface area (Å²) >= 11 is 0. The van der Waals surface area contributed by atoms with Crippen LogP contribution in [0.1, 0.15) is 43.0 Å².